The molecule has 0 spiro atoms. The zero-order valence-electron chi connectivity index (χ0n) is 9.07. The molecule has 0 radical (unpaired) electrons. The van der Waals surface area contributed by atoms with Crippen LogP contribution in [0.5, 0.6) is 0 Å². The van der Waals surface area contributed by atoms with Crippen LogP contribution in [0.15, 0.2) is 12.2 Å². The summed E-state index contributed by atoms with van der Waals surface area (Å²) >= 11 is 0. The second kappa shape index (κ2) is 7.39. The number of nitrogens with zero attached hydrogens (tertiary/aromatic N) is 1. The molecule has 0 aliphatic carbocycles. The molecule has 15 heavy (non-hydrogen) atoms. The van der Waals surface area contributed by atoms with Crippen molar-refractivity contribution < 1.29 is 14.3 Å². The minimum absolute atomic E-state index is 0.290. The standard InChI is InChI=1S/C10H18N2O3/c1-2-15-10(13)4-3-5-11-12-6-8-14-9-7-12/h3-4,11H,2,5-9H2,1H3/b4-3+. The summed E-state index contributed by atoms with van der Waals surface area (Å²) in [6, 6.07) is 0. The molecule has 0 aromatic rings. The maximum absolute atomic E-state index is 10.9. The molecule has 86 valence electrons. The highest BCUT2D eigenvalue weighted by Gasteiger charge is 2.07. The van der Waals surface area contributed by atoms with E-state index in [2.05, 4.69) is 10.4 Å². The van der Waals surface area contributed by atoms with Gasteiger partial charge in [0.15, 0.2) is 0 Å². The van der Waals surface area contributed by atoms with Crippen molar-refractivity contribution in [1.82, 2.24) is 10.4 Å². The van der Waals surface area contributed by atoms with E-state index in [1.54, 1.807) is 13.0 Å². The zero-order valence-corrected chi connectivity index (χ0v) is 9.07. The molecule has 0 bridgehead atoms. The van der Waals surface area contributed by atoms with Crippen LogP contribution in [0.4, 0.5) is 0 Å². The SMILES string of the molecule is CCOC(=O)/C=C/CNN1CCOCC1. The molecule has 1 N–H and O–H groups in total. The number of carbonyl (C=O) groups excluding carboxylic acids is 1. The van der Waals surface area contributed by atoms with Gasteiger partial charge in [-0.25, -0.2) is 9.80 Å². The molecule has 1 rings (SSSR count). The van der Waals surface area contributed by atoms with Gasteiger partial charge in [0.1, 0.15) is 0 Å². The number of esters is 1. The van der Waals surface area contributed by atoms with Gasteiger partial charge in [0, 0.05) is 25.7 Å². The maximum Gasteiger partial charge on any atom is 0.330 e. The predicted octanol–water partition coefficient (Wildman–Crippen LogP) is -0.0575. The number of ether oxygens (including phenoxy) is 2. The van der Waals surface area contributed by atoms with E-state index < -0.39 is 0 Å². The van der Waals surface area contributed by atoms with Gasteiger partial charge in [0.2, 0.25) is 0 Å². The van der Waals surface area contributed by atoms with Gasteiger partial charge in [-0.1, -0.05) is 6.08 Å². The first kappa shape index (κ1) is 12.2. The average molecular weight is 214 g/mol. The van der Waals surface area contributed by atoms with Gasteiger partial charge in [-0.15, -0.1) is 0 Å². The van der Waals surface area contributed by atoms with Gasteiger partial charge in [0.05, 0.1) is 19.8 Å². The van der Waals surface area contributed by atoms with Gasteiger partial charge in [-0.2, -0.15) is 0 Å². The summed E-state index contributed by atoms with van der Waals surface area (Å²) < 4.78 is 9.95. The lowest BCUT2D eigenvalue weighted by Gasteiger charge is -2.26. The van der Waals surface area contributed by atoms with Crippen LogP contribution >= 0.6 is 0 Å². The summed E-state index contributed by atoms with van der Waals surface area (Å²) in [6.45, 7) is 6.13. The molecular formula is C10H18N2O3. The molecule has 0 aromatic heterocycles. The van der Waals surface area contributed by atoms with Crippen molar-refractivity contribution in [1.29, 1.82) is 0 Å². The summed E-state index contributed by atoms with van der Waals surface area (Å²) in [6.07, 6.45) is 3.20. The lowest BCUT2D eigenvalue weighted by atomic mass is 10.5. The van der Waals surface area contributed by atoms with Crippen molar-refractivity contribution >= 4 is 5.97 Å². The molecule has 0 aromatic carbocycles. The first-order chi connectivity index (χ1) is 7.33. The molecule has 0 saturated carbocycles. The second-order valence-corrected chi connectivity index (χ2v) is 3.12. The van der Waals surface area contributed by atoms with E-state index in [0.29, 0.717) is 13.2 Å². The third kappa shape index (κ3) is 5.51. The second-order valence-electron chi connectivity index (χ2n) is 3.12. The highest BCUT2D eigenvalue weighted by atomic mass is 16.5. The summed E-state index contributed by atoms with van der Waals surface area (Å²) in [5, 5.41) is 2.08. The molecule has 0 atom stereocenters. The molecule has 1 saturated heterocycles. The number of carbonyl (C=O) groups is 1. The van der Waals surface area contributed by atoms with E-state index in [4.69, 9.17) is 9.47 Å². The van der Waals surface area contributed by atoms with E-state index in [-0.39, 0.29) is 5.97 Å². The van der Waals surface area contributed by atoms with Gasteiger partial charge >= 0.3 is 5.97 Å². The average Bonchev–Trinajstić information content (AvgIpc) is 2.26. The molecule has 0 unspecified atom stereocenters. The highest BCUT2D eigenvalue weighted by molar-refractivity contribution is 5.81. The third-order valence-electron chi connectivity index (χ3n) is 1.98. The molecular weight excluding hydrogens is 196 g/mol. The lowest BCUT2D eigenvalue weighted by Crippen LogP contribution is -2.45. The van der Waals surface area contributed by atoms with Crippen molar-refractivity contribution in [3.05, 3.63) is 12.2 Å². The van der Waals surface area contributed by atoms with E-state index in [1.807, 2.05) is 0 Å². The Morgan fingerprint density at radius 3 is 2.93 bits per heavy atom. The summed E-state index contributed by atoms with van der Waals surface area (Å²) in [7, 11) is 0. The fraction of sp³-hybridized carbons (Fsp3) is 0.700. The van der Waals surface area contributed by atoms with Crippen LogP contribution in [0, 0.1) is 0 Å². The Labute approximate surface area is 90.0 Å². The van der Waals surface area contributed by atoms with Crippen molar-refractivity contribution in [2.24, 2.45) is 0 Å². The van der Waals surface area contributed by atoms with Crippen LogP contribution in [-0.2, 0) is 14.3 Å². The Balaban J connectivity index is 2.06. The lowest BCUT2D eigenvalue weighted by molar-refractivity contribution is -0.137. The summed E-state index contributed by atoms with van der Waals surface area (Å²) in [5.41, 5.74) is 3.18. The Kier molecular flexibility index (Phi) is 5.99. The number of hydrogen-bond donors (Lipinski definition) is 1. The van der Waals surface area contributed by atoms with Crippen molar-refractivity contribution in [2.45, 2.75) is 6.92 Å². The molecule has 1 aliphatic heterocycles. The minimum Gasteiger partial charge on any atom is -0.463 e. The molecule has 5 heteroatoms. The topological polar surface area (TPSA) is 50.8 Å². The monoisotopic (exact) mass is 214 g/mol. The van der Waals surface area contributed by atoms with E-state index >= 15 is 0 Å². The highest BCUT2D eigenvalue weighted by Crippen LogP contribution is 1.91. The Morgan fingerprint density at radius 1 is 1.53 bits per heavy atom. The van der Waals surface area contributed by atoms with Crippen LogP contribution in [0.2, 0.25) is 0 Å². The summed E-state index contributed by atoms with van der Waals surface area (Å²) in [5.74, 6) is -0.290. The maximum atomic E-state index is 10.9. The van der Waals surface area contributed by atoms with Crippen LogP contribution < -0.4 is 5.43 Å². The van der Waals surface area contributed by atoms with E-state index in [1.165, 1.54) is 6.08 Å². The number of hydrogen-bond acceptors (Lipinski definition) is 5. The van der Waals surface area contributed by atoms with Crippen molar-refractivity contribution in [2.75, 3.05) is 39.5 Å². The Hall–Kier alpha value is -0.910. The number of morpholine rings is 1. The Morgan fingerprint density at radius 2 is 2.27 bits per heavy atom. The van der Waals surface area contributed by atoms with Crippen LogP contribution in [0.3, 0.4) is 0 Å². The van der Waals surface area contributed by atoms with Gasteiger partial charge < -0.3 is 9.47 Å². The van der Waals surface area contributed by atoms with Crippen LogP contribution in [-0.4, -0.2) is 50.4 Å². The number of hydrazine groups is 1. The molecule has 5 nitrogen and oxygen atoms in total. The first-order valence-electron chi connectivity index (χ1n) is 5.22. The first-order valence-corrected chi connectivity index (χ1v) is 5.22. The third-order valence-corrected chi connectivity index (χ3v) is 1.98. The normalized spacial score (nSPS) is 18.2. The van der Waals surface area contributed by atoms with E-state index in [9.17, 15) is 4.79 Å². The van der Waals surface area contributed by atoms with Gasteiger partial charge in [-0.05, 0) is 6.92 Å². The predicted molar refractivity (Wildman–Crippen MR) is 56.2 cm³/mol. The molecule has 1 aliphatic rings. The molecule has 0 amide bonds. The largest absolute Gasteiger partial charge is 0.463 e. The van der Waals surface area contributed by atoms with Crippen molar-refractivity contribution in [3.8, 4) is 0 Å². The van der Waals surface area contributed by atoms with E-state index in [0.717, 1.165) is 26.3 Å². The quantitative estimate of drug-likeness (QED) is 0.513. The Bertz CT molecular complexity index is 213. The molecule has 1 fully saturated rings. The smallest absolute Gasteiger partial charge is 0.330 e. The van der Waals surface area contributed by atoms with Crippen LogP contribution in [0.25, 0.3) is 0 Å². The van der Waals surface area contributed by atoms with Crippen LogP contribution in [0.1, 0.15) is 6.92 Å². The zero-order chi connectivity index (χ0) is 10.9. The molecule has 1 heterocycles. The summed E-state index contributed by atoms with van der Waals surface area (Å²) in [4.78, 5) is 10.9. The number of nitrogens with one attached hydrogen (secondary N) is 1. The number of rotatable bonds is 5. The fourth-order valence-electron chi connectivity index (χ4n) is 1.25. The fourth-order valence-corrected chi connectivity index (χ4v) is 1.25. The van der Waals surface area contributed by atoms with Gasteiger partial charge in [0.25, 0.3) is 0 Å². The minimum atomic E-state index is -0.290. The van der Waals surface area contributed by atoms with Crippen molar-refractivity contribution in [3.63, 3.8) is 0 Å². The van der Waals surface area contributed by atoms with Gasteiger partial charge in [-0.3, -0.25) is 5.43 Å².